The maximum atomic E-state index is 11.7. The molecule has 0 aliphatic heterocycles. The van der Waals surface area contributed by atoms with Gasteiger partial charge in [-0.1, -0.05) is 0 Å². The van der Waals surface area contributed by atoms with Gasteiger partial charge in [-0.05, 0) is 0 Å². The van der Waals surface area contributed by atoms with Crippen LogP contribution >= 0.6 is 141 Å². The number of thioether (sulfide) groups is 12. The summed E-state index contributed by atoms with van der Waals surface area (Å²) in [6.07, 6.45) is 1.66. The van der Waals surface area contributed by atoms with Crippen molar-refractivity contribution < 1.29 is 48.8 Å². The molecule has 0 saturated heterocycles. The Labute approximate surface area is 327 Å². The molecule has 0 aromatic rings. The minimum Gasteiger partial charge on any atom is -0.438 e. The monoisotopic (exact) mass is 892 g/mol. The number of nitrogens with one attached hydrogen (secondary N) is 2. The van der Waals surface area contributed by atoms with Gasteiger partial charge in [0.05, 0.1) is 35.4 Å². The Kier molecular flexibility index (Phi) is 45.1. The molecule has 0 saturated carbocycles. The van der Waals surface area contributed by atoms with Crippen LogP contribution < -0.4 is 10.6 Å². The summed E-state index contributed by atoms with van der Waals surface area (Å²) in [6.45, 7) is 0. The SMILES string of the molecule is O=C(NCSCSCSC/N=C/OOCSCSCOC(=O)NCSCSCSC/N=C\OOCSCSCO)OCSCSCO. The Hall–Kier alpha value is 1.52. The largest absolute Gasteiger partial charge is 0.438 e. The molecule has 0 radical (unpaired) electrons. The highest BCUT2D eigenvalue weighted by Gasteiger charge is 2.02. The van der Waals surface area contributed by atoms with E-state index in [0.717, 1.165) is 25.4 Å². The Morgan fingerprint density at radius 2 is 0.894 bits per heavy atom. The van der Waals surface area contributed by atoms with E-state index in [1.54, 1.807) is 70.6 Å². The highest BCUT2D eigenvalue weighted by atomic mass is 32.2. The van der Waals surface area contributed by atoms with E-state index in [2.05, 4.69) is 20.6 Å². The zero-order valence-electron chi connectivity index (χ0n) is 25.1. The van der Waals surface area contributed by atoms with Gasteiger partial charge in [0, 0.05) is 35.6 Å². The van der Waals surface area contributed by atoms with E-state index in [4.69, 9.17) is 39.2 Å². The van der Waals surface area contributed by atoms with Crippen LogP contribution in [-0.2, 0) is 29.0 Å². The van der Waals surface area contributed by atoms with Gasteiger partial charge in [0.1, 0.15) is 23.8 Å². The number of carbonyl (C=O) groups is 2. The van der Waals surface area contributed by atoms with Crippen molar-refractivity contribution in [3.05, 3.63) is 0 Å². The second kappa shape index (κ2) is 43.7. The van der Waals surface area contributed by atoms with Crippen LogP contribution in [-0.4, -0.2) is 130 Å². The summed E-state index contributed by atoms with van der Waals surface area (Å²) < 4.78 is 10.1. The number of hydrogen-bond acceptors (Lipinski definition) is 24. The number of alkyl carbamates (subject to hydrolysis) is 2. The smallest absolute Gasteiger partial charge is 0.408 e. The van der Waals surface area contributed by atoms with E-state index >= 15 is 0 Å². The quantitative estimate of drug-likeness (QED) is 0.0135. The van der Waals surface area contributed by atoms with Gasteiger partial charge in [0.25, 0.3) is 0 Å². The summed E-state index contributed by atoms with van der Waals surface area (Å²) in [4.78, 5) is 50.9. The third-order valence-corrected chi connectivity index (χ3v) is 15.7. The van der Waals surface area contributed by atoms with Gasteiger partial charge >= 0.3 is 12.2 Å². The standard InChI is InChI=1S/C21H40N4O10S12/c26-7-40-17-42-9-30-20(28)24-5-38-15-46-14-37-4-23-2-33-35-12-45-19-43-10-31-21(29)25-6-39-16-47-13-36-3-22-1-32-34-11-44-18-41-8-27/h1-2,26-27H,3-19H2,(H,24,28)(H,25,29)/b22-1-,23-2+. The van der Waals surface area contributed by atoms with Gasteiger partial charge in [0.15, 0.2) is 0 Å². The predicted molar refractivity (Wildman–Crippen MR) is 219 cm³/mol. The lowest BCUT2D eigenvalue weighted by atomic mass is 11.1. The molecular formula is C21H40N4O10S12. The molecule has 276 valence electrons. The summed E-state index contributed by atoms with van der Waals surface area (Å²) in [5.74, 6) is 3.44. The number of nitrogens with zero attached hydrogens (tertiary/aromatic N) is 2. The van der Waals surface area contributed by atoms with Crippen molar-refractivity contribution >= 4 is 166 Å². The molecule has 0 aromatic heterocycles. The maximum absolute atomic E-state index is 11.7. The normalized spacial score (nSPS) is 11.3. The topological polar surface area (TPSA) is 179 Å². The molecule has 0 spiro atoms. The van der Waals surface area contributed by atoms with Gasteiger partial charge in [-0.25, -0.2) is 19.6 Å². The van der Waals surface area contributed by atoms with Crippen LogP contribution in [0.2, 0.25) is 0 Å². The van der Waals surface area contributed by atoms with Gasteiger partial charge < -0.3 is 40.1 Å². The van der Waals surface area contributed by atoms with Gasteiger partial charge in [0.2, 0.25) is 12.8 Å². The van der Waals surface area contributed by atoms with Crippen LogP contribution in [0.15, 0.2) is 9.98 Å². The average molecular weight is 893 g/mol. The second-order valence-corrected chi connectivity index (χ2v) is 20.8. The lowest BCUT2D eigenvalue weighted by Crippen LogP contribution is -2.23. The molecule has 4 N–H and O–H groups in total. The third-order valence-electron chi connectivity index (χ3n) is 3.50. The summed E-state index contributed by atoms with van der Waals surface area (Å²) in [6, 6.07) is 0. The molecule has 0 aliphatic carbocycles. The number of amides is 2. The molecule has 0 unspecified atom stereocenters. The first-order chi connectivity index (χ1) is 23.2. The molecule has 47 heavy (non-hydrogen) atoms. The number of rotatable bonds is 36. The van der Waals surface area contributed by atoms with Crippen LogP contribution in [0.4, 0.5) is 9.59 Å². The fourth-order valence-electron chi connectivity index (χ4n) is 1.77. The number of aliphatic imine (C=N–C) groups is 2. The molecular weight excluding hydrogens is 853 g/mol. The number of aliphatic hydroxyl groups is 2. The average Bonchev–Trinajstić information content (AvgIpc) is 3.07. The molecule has 0 bridgehead atoms. The first kappa shape index (κ1) is 48.5. The summed E-state index contributed by atoms with van der Waals surface area (Å²) in [7, 11) is 0. The zero-order valence-corrected chi connectivity index (χ0v) is 34.9. The number of aliphatic hydroxyl groups excluding tert-OH is 2. The van der Waals surface area contributed by atoms with Crippen LogP contribution in [0.5, 0.6) is 0 Å². The van der Waals surface area contributed by atoms with E-state index < -0.39 is 12.2 Å². The molecule has 2 amide bonds. The van der Waals surface area contributed by atoms with Crippen molar-refractivity contribution in [2.45, 2.75) is 0 Å². The second-order valence-electron chi connectivity index (χ2n) is 6.77. The van der Waals surface area contributed by atoms with Crippen LogP contribution in [0.3, 0.4) is 0 Å². The highest BCUT2D eigenvalue weighted by Crippen LogP contribution is 2.18. The number of hydrogen-bond donors (Lipinski definition) is 4. The van der Waals surface area contributed by atoms with Crippen LogP contribution in [0, 0.1) is 0 Å². The van der Waals surface area contributed by atoms with E-state index in [-0.39, 0.29) is 23.8 Å². The summed E-state index contributed by atoms with van der Waals surface area (Å²) in [5, 5.41) is 28.1. The van der Waals surface area contributed by atoms with E-state index in [1.807, 2.05) is 0 Å². The maximum Gasteiger partial charge on any atom is 0.408 e. The van der Waals surface area contributed by atoms with E-state index in [1.165, 1.54) is 83.4 Å². The molecule has 14 nitrogen and oxygen atoms in total. The molecule has 26 heteroatoms. The Bertz CT molecular complexity index is 763. The van der Waals surface area contributed by atoms with E-state index in [0.29, 0.717) is 45.6 Å². The number of ether oxygens (including phenoxy) is 2. The van der Waals surface area contributed by atoms with Crippen molar-refractivity contribution in [2.24, 2.45) is 9.98 Å². The van der Waals surface area contributed by atoms with Crippen molar-refractivity contribution in [1.82, 2.24) is 10.6 Å². The van der Waals surface area contributed by atoms with Crippen LogP contribution in [0.25, 0.3) is 0 Å². The first-order valence-electron chi connectivity index (χ1n) is 12.7. The molecule has 0 heterocycles. The molecule has 0 fully saturated rings. The minimum atomic E-state index is -0.447. The van der Waals surface area contributed by atoms with E-state index in [9.17, 15) is 9.59 Å². The fourth-order valence-corrected chi connectivity index (χ4v) is 11.2. The lowest BCUT2D eigenvalue weighted by Gasteiger charge is -2.06. The summed E-state index contributed by atoms with van der Waals surface area (Å²) in [5.41, 5.74) is 0. The summed E-state index contributed by atoms with van der Waals surface area (Å²) >= 11 is 18.6. The van der Waals surface area contributed by atoms with Crippen LogP contribution in [0.1, 0.15) is 0 Å². The minimum absolute atomic E-state index is 0.0617. The van der Waals surface area contributed by atoms with Crippen molar-refractivity contribution in [3.63, 3.8) is 0 Å². The van der Waals surface area contributed by atoms with Crippen molar-refractivity contribution in [2.75, 3.05) is 94.7 Å². The van der Waals surface area contributed by atoms with Crippen molar-refractivity contribution in [1.29, 1.82) is 0 Å². The predicted octanol–water partition coefficient (Wildman–Crippen LogP) is 6.45. The molecule has 0 aliphatic rings. The molecule has 0 aromatic carbocycles. The Morgan fingerprint density at radius 1 is 0.511 bits per heavy atom. The zero-order chi connectivity index (χ0) is 34.1. The van der Waals surface area contributed by atoms with Gasteiger partial charge in [-0.3, -0.25) is 0 Å². The Balaban J connectivity index is 3.27. The van der Waals surface area contributed by atoms with Crippen molar-refractivity contribution in [3.8, 4) is 0 Å². The third kappa shape index (κ3) is 43.6. The number of carbonyl (C=O) groups excluding carboxylic acids is 2. The van der Waals surface area contributed by atoms with Gasteiger partial charge in [-0.2, -0.15) is 9.78 Å². The fraction of sp³-hybridized carbons (Fsp3) is 0.810. The van der Waals surface area contributed by atoms with Gasteiger partial charge in [-0.15, -0.1) is 141 Å². The Morgan fingerprint density at radius 3 is 1.34 bits per heavy atom. The molecule has 0 rings (SSSR count). The first-order valence-corrected chi connectivity index (χ1v) is 26.5. The highest BCUT2D eigenvalue weighted by molar-refractivity contribution is 8.23. The molecule has 0 atom stereocenters. The lowest BCUT2D eigenvalue weighted by molar-refractivity contribution is -0.196.